The van der Waals surface area contributed by atoms with E-state index in [2.05, 4.69) is 16.7 Å². The third-order valence-corrected chi connectivity index (χ3v) is 9.51. The Hall–Kier alpha value is -2.17. The topological polar surface area (TPSA) is 81.8 Å². The fourth-order valence-electron chi connectivity index (χ4n) is 4.31. The van der Waals surface area contributed by atoms with Crippen molar-refractivity contribution in [2.75, 3.05) is 32.7 Å². The normalized spacial score (nSPS) is 17.2. The molecule has 3 aromatic rings. The highest BCUT2D eigenvalue weighted by Gasteiger charge is 2.30. The predicted octanol–water partition coefficient (Wildman–Crippen LogP) is 3.42. The van der Waals surface area contributed by atoms with E-state index in [4.69, 9.17) is 11.6 Å². The lowest BCUT2D eigenvalue weighted by Gasteiger charge is -2.34. The molecule has 33 heavy (non-hydrogen) atoms. The number of nitrogens with one attached hydrogen (secondary N) is 2. The zero-order chi connectivity index (χ0) is 23.0. The Morgan fingerprint density at radius 2 is 1.82 bits per heavy atom. The van der Waals surface area contributed by atoms with Crippen LogP contribution in [-0.4, -0.2) is 56.4 Å². The molecule has 0 aliphatic carbocycles. The Labute approximate surface area is 202 Å². The van der Waals surface area contributed by atoms with Crippen LogP contribution in [0.3, 0.4) is 0 Å². The van der Waals surface area contributed by atoms with Gasteiger partial charge in [-0.2, -0.15) is 4.31 Å². The predicted molar refractivity (Wildman–Crippen MR) is 131 cm³/mol. The molecule has 0 saturated carbocycles. The number of sulfonamides is 1. The summed E-state index contributed by atoms with van der Waals surface area (Å²) in [6.07, 6.45) is 1.04. The minimum Gasteiger partial charge on any atom is -0.333 e. The molecule has 5 rings (SSSR count). The zero-order valence-corrected chi connectivity index (χ0v) is 20.4. The number of nitrogens with zero attached hydrogens (tertiary/aromatic N) is 2. The molecule has 0 bridgehead atoms. The van der Waals surface area contributed by atoms with Gasteiger partial charge in [-0.25, -0.2) is 13.2 Å². The van der Waals surface area contributed by atoms with Crippen molar-refractivity contribution in [3.63, 3.8) is 0 Å². The lowest BCUT2D eigenvalue weighted by Crippen LogP contribution is -2.52. The van der Waals surface area contributed by atoms with Crippen molar-refractivity contribution >= 4 is 49.8 Å². The second-order valence-corrected chi connectivity index (χ2v) is 11.9. The van der Waals surface area contributed by atoms with Crippen molar-refractivity contribution in [2.24, 2.45) is 0 Å². The number of piperazine rings is 1. The first-order valence-corrected chi connectivity index (χ1v) is 13.6. The van der Waals surface area contributed by atoms with Crippen molar-refractivity contribution in [1.82, 2.24) is 19.8 Å². The van der Waals surface area contributed by atoms with Gasteiger partial charge in [0.15, 0.2) is 0 Å². The number of fused-ring (bicyclic) bond motifs is 2. The first kappa shape index (κ1) is 22.6. The van der Waals surface area contributed by atoms with Crippen LogP contribution in [0.15, 0.2) is 47.4 Å². The largest absolute Gasteiger partial charge is 0.333 e. The van der Waals surface area contributed by atoms with Gasteiger partial charge in [0.1, 0.15) is 0 Å². The van der Waals surface area contributed by atoms with E-state index in [1.54, 1.807) is 40.5 Å². The summed E-state index contributed by atoms with van der Waals surface area (Å²) < 4.78 is 27.8. The first-order valence-electron chi connectivity index (χ1n) is 10.9. The zero-order valence-electron chi connectivity index (χ0n) is 18.0. The van der Waals surface area contributed by atoms with Gasteiger partial charge in [0, 0.05) is 54.0 Å². The fraction of sp³-hybridized carbons (Fsp3) is 0.348. The van der Waals surface area contributed by atoms with Crippen LogP contribution in [0, 0.1) is 0 Å². The number of benzene rings is 2. The van der Waals surface area contributed by atoms with Crippen LogP contribution in [-0.2, 0) is 29.5 Å². The van der Waals surface area contributed by atoms with E-state index >= 15 is 0 Å². The number of amides is 2. The summed E-state index contributed by atoms with van der Waals surface area (Å²) in [7, 11) is -3.63. The molecule has 2 aromatic carbocycles. The van der Waals surface area contributed by atoms with Crippen LogP contribution in [0.25, 0.3) is 10.8 Å². The van der Waals surface area contributed by atoms with Gasteiger partial charge in [0.05, 0.1) is 11.4 Å². The lowest BCUT2D eigenvalue weighted by atomic mass is 10.1. The molecule has 0 atom stereocenters. The van der Waals surface area contributed by atoms with E-state index in [9.17, 15) is 13.2 Å². The average Bonchev–Trinajstić information content (AvgIpc) is 3.25. The summed E-state index contributed by atoms with van der Waals surface area (Å²) in [6.45, 7) is 3.65. The number of hydrogen-bond donors (Lipinski definition) is 2. The van der Waals surface area contributed by atoms with E-state index in [0.29, 0.717) is 24.7 Å². The molecule has 174 valence electrons. The molecule has 1 fully saturated rings. The highest BCUT2D eigenvalue weighted by Crippen LogP contribution is 2.26. The van der Waals surface area contributed by atoms with Gasteiger partial charge in [-0.05, 0) is 53.1 Å². The van der Waals surface area contributed by atoms with Crippen molar-refractivity contribution in [3.05, 3.63) is 62.8 Å². The van der Waals surface area contributed by atoms with E-state index < -0.39 is 10.0 Å². The molecule has 2 aliphatic heterocycles. The highest BCUT2D eigenvalue weighted by atomic mass is 35.5. The molecule has 1 saturated heterocycles. The number of halogens is 1. The van der Waals surface area contributed by atoms with Gasteiger partial charge in [-0.15, -0.1) is 11.3 Å². The third-order valence-electron chi connectivity index (χ3n) is 6.14. The quantitative estimate of drug-likeness (QED) is 0.570. The smallest absolute Gasteiger partial charge is 0.317 e. The Morgan fingerprint density at radius 1 is 1.06 bits per heavy atom. The molecular weight excluding hydrogens is 480 g/mol. The van der Waals surface area contributed by atoms with Gasteiger partial charge in [0.25, 0.3) is 0 Å². The van der Waals surface area contributed by atoms with Crippen molar-refractivity contribution < 1.29 is 13.2 Å². The molecule has 0 unspecified atom stereocenters. The number of carbonyl (C=O) groups excluding carboxylic acids is 1. The van der Waals surface area contributed by atoms with Gasteiger partial charge in [-0.1, -0.05) is 23.7 Å². The fourth-order valence-corrected chi connectivity index (χ4v) is 7.08. The van der Waals surface area contributed by atoms with Crippen LogP contribution >= 0.6 is 22.9 Å². The number of thiophene rings is 1. The molecule has 2 amide bonds. The molecule has 7 nitrogen and oxygen atoms in total. The monoisotopic (exact) mass is 504 g/mol. The average molecular weight is 505 g/mol. The van der Waals surface area contributed by atoms with E-state index in [1.165, 1.54) is 14.7 Å². The van der Waals surface area contributed by atoms with Gasteiger partial charge >= 0.3 is 6.03 Å². The Balaban J connectivity index is 1.19. The highest BCUT2D eigenvalue weighted by molar-refractivity contribution is 7.89. The second-order valence-electron chi connectivity index (χ2n) is 8.29. The number of carbonyl (C=O) groups is 1. The van der Waals surface area contributed by atoms with Crippen LogP contribution in [0.1, 0.15) is 15.3 Å². The standard InChI is InChI=1S/C23H25ClN4O3S2/c24-19-3-1-17-13-21(4-2-16(17)11-19)33(30,31)28-9-7-27(8-10-28)23(29)26-15-20-12-18-14-25-6-5-22(18)32-20/h1-4,11-13,25H,5-10,14-15H2,(H,26,29). The van der Waals surface area contributed by atoms with Crippen molar-refractivity contribution in [1.29, 1.82) is 0 Å². The molecular formula is C23H25ClN4O3S2. The van der Waals surface area contributed by atoms with E-state index in [0.717, 1.165) is 35.2 Å². The molecule has 10 heteroatoms. The molecule has 2 N–H and O–H groups in total. The SMILES string of the molecule is O=C(NCc1cc2c(s1)CCNC2)N1CCN(S(=O)(=O)c2ccc3cc(Cl)ccc3c2)CC1. The van der Waals surface area contributed by atoms with Crippen molar-refractivity contribution in [2.45, 2.75) is 24.4 Å². The summed E-state index contributed by atoms with van der Waals surface area (Å²) in [5, 5.41) is 8.68. The summed E-state index contributed by atoms with van der Waals surface area (Å²) in [5.74, 6) is 0. The van der Waals surface area contributed by atoms with Crippen LogP contribution in [0.4, 0.5) is 4.79 Å². The van der Waals surface area contributed by atoms with Crippen LogP contribution < -0.4 is 10.6 Å². The summed E-state index contributed by atoms with van der Waals surface area (Å²) in [6, 6.07) is 12.5. The van der Waals surface area contributed by atoms with Crippen LogP contribution in [0.5, 0.6) is 0 Å². The van der Waals surface area contributed by atoms with Crippen molar-refractivity contribution in [3.8, 4) is 0 Å². The molecule has 0 radical (unpaired) electrons. The minimum absolute atomic E-state index is 0.154. The maximum atomic E-state index is 13.2. The van der Waals surface area contributed by atoms with Gasteiger partial charge in [0.2, 0.25) is 10.0 Å². The number of hydrogen-bond acceptors (Lipinski definition) is 5. The van der Waals surface area contributed by atoms with Crippen LogP contribution in [0.2, 0.25) is 5.02 Å². The molecule has 3 heterocycles. The Bertz CT molecular complexity index is 1280. The Morgan fingerprint density at radius 3 is 2.61 bits per heavy atom. The second kappa shape index (κ2) is 9.23. The van der Waals surface area contributed by atoms with Gasteiger partial charge < -0.3 is 15.5 Å². The summed E-state index contributed by atoms with van der Waals surface area (Å²) >= 11 is 7.78. The summed E-state index contributed by atoms with van der Waals surface area (Å²) in [5.41, 5.74) is 1.33. The van der Waals surface area contributed by atoms with E-state index in [1.807, 2.05) is 12.1 Å². The van der Waals surface area contributed by atoms with E-state index in [-0.39, 0.29) is 24.0 Å². The third kappa shape index (κ3) is 4.74. The Kier molecular flexibility index (Phi) is 6.32. The maximum absolute atomic E-state index is 13.2. The summed E-state index contributed by atoms with van der Waals surface area (Å²) in [4.78, 5) is 17.1. The maximum Gasteiger partial charge on any atom is 0.317 e. The number of rotatable bonds is 4. The molecule has 0 spiro atoms. The first-order chi connectivity index (χ1) is 15.9. The molecule has 2 aliphatic rings. The lowest BCUT2D eigenvalue weighted by molar-refractivity contribution is 0.172. The molecule has 1 aromatic heterocycles. The minimum atomic E-state index is -3.63. The number of urea groups is 1. The van der Waals surface area contributed by atoms with Gasteiger partial charge in [-0.3, -0.25) is 0 Å².